The van der Waals surface area contributed by atoms with Gasteiger partial charge in [-0.25, -0.2) is 13.6 Å². The number of nitrogens with one attached hydrogen (secondary N) is 2. The maximum atomic E-state index is 12.3. The molecule has 0 saturated heterocycles. The van der Waals surface area contributed by atoms with Gasteiger partial charge in [0.15, 0.2) is 5.82 Å². The summed E-state index contributed by atoms with van der Waals surface area (Å²) in [6.07, 6.45) is 0. The zero-order chi connectivity index (χ0) is 41.1. The minimum Gasteiger partial charge on any atom is -0.324 e. The van der Waals surface area contributed by atoms with E-state index < -0.39 is 35.2 Å². The first-order valence-corrected chi connectivity index (χ1v) is 21.0. The molecule has 0 atom stereocenters. The summed E-state index contributed by atoms with van der Waals surface area (Å²) in [5.41, 5.74) is 2.32. The number of benzene rings is 6. The fraction of sp³-hybridized carbons (Fsp3) is 0. The molecule has 21 heteroatoms. The number of rotatable bonds is 12. The Hall–Kier alpha value is -6.88. The molecule has 1 aromatic heterocycles. The van der Waals surface area contributed by atoms with E-state index in [0.717, 1.165) is 34.7 Å². The van der Waals surface area contributed by atoms with Crippen molar-refractivity contribution in [2.45, 2.75) is 14.7 Å². The highest BCUT2D eigenvalue weighted by atomic mass is 32.2. The van der Waals surface area contributed by atoms with E-state index in [-0.39, 0.29) is 44.6 Å². The fourth-order valence-corrected chi connectivity index (χ4v) is 6.97. The number of para-hydroxylation sites is 1. The average molecular weight is 837 g/mol. The molecule has 0 aliphatic rings. The number of fused-ring (bicyclic) bond motifs is 1. The highest BCUT2D eigenvalue weighted by Gasteiger charge is 2.17. The lowest BCUT2D eigenvalue weighted by Gasteiger charge is -2.11. The van der Waals surface area contributed by atoms with Crippen molar-refractivity contribution in [3.8, 4) is 11.4 Å². The van der Waals surface area contributed by atoms with Gasteiger partial charge in [-0.05, 0) is 114 Å². The molecule has 0 spiro atoms. The summed E-state index contributed by atoms with van der Waals surface area (Å²) in [6, 6.07) is 34.2. The molecule has 0 fully saturated rings. The maximum Gasteiger partial charge on any atom is 0.296 e. The van der Waals surface area contributed by atoms with Crippen LogP contribution < -0.4 is 15.8 Å². The molecule has 7 rings (SSSR count). The minimum atomic E-state index is -4.78. The lowest BCUT2D eigenvalue weighted by molar-refractivity contribution is 0.481. The van der Waals surface area contributed by atoms with Crippen LogP contribution in [0.15, 0.2) is 169 Å². The summed E-state index contributed by atoms with van der Waals surface area (Å²) in [7, 11) is -13.1. The summed E-state index contributed by atoms with van der Waals surface area (Å²) < 4.78 is 89.7. The molecule has 0 aliphatic carbocycles. The fourth-order valence-electron chi connectivity index (χ4n) is 5.33. The first-order chi connectivity index (χ1) is 27.6. The van der Waals surface area contributed by atoms with E-state index >= 15 is 0 Å². The van der Waals surface area contributed by atoms with Crippen molar-refractivity contribution in [1.29, 1.82) is 0 Å². The van der Waals surface area contributed by atoms with E-state index in [0.29, 0.717) is 16.9 Å². The maximum absolute atomic E-state index is 12.3. The van der Waals surface area contributed by atoms with Crippen molar-refractivity contribution in [3.63, 3.8) is 0 Å². The molecule has 18 nitrogen and oxygen atoms in total. The van der Waals surface area contributed by atoms with Gasteiger partial charge >= 0.3 is 0 Å². The van der Waals surface area contributed by atoms with Gasteiger partial charge in [0, 0.05) is 16.9 Å². The lowest BCUT2D eigenvalue weighted by Crippen LogP contribution is -2.11. The van der Waals surface area contributed by atoms with Crippen LogP contribution in [0.25, 0.3) is 22.2 Å². The van der Waals surface area contributed by atoms with E-state index in [2.05, 4.69) is 46.0 Å². The van der Waals surface area contributed by atoms with Crippen LogP contribution in [-0.4, -0.2) is 49.3 Å². The van der Waals surface area contributed by atoms with Crippen LogP contribution in [-0.2, 0) is 30.3 Å². The first kappa shape index (κ1) is 39.4. The van der Waals surface area contributed by atoms with Crippen LogP contribution in [0.3, 0.4) is 0 Å². The SMILES string of the molecule is NS(=O)(=O)c1ccc(-c2nc(Nc3ccccc3)nc(Nc3ccc4cc(N=Nc5ccc(N=Nc6ccc(S(=O)(=O)O)cc6)cc5S(=O)(=O)O)ccc4c3)n2)cc1. The van der Waals surface area contributed by atoms with Crippen LogP contribution in [0, 0.1) is 0 Å². The number of azo groups is 2. The van der Waals surface area contributed by atoms with Crippen molar-refractivity contribution in [2.75, 3.05) is 10.6 Å². The summed E-state index contributed by atoms with van der Waals surface area (Å²) in [6.45, 7) is 0. The monoisotopic (exact) mass is 836 g/mol. The van der Waals surface area contributed by atoms with Gasteiger partial charge in [0.05, 0.1) is 26.9 Å². The molecule has 0 saturated carbocycles. The molecule has 292 valence electrons. The van der Waals surface area contributed by atoms with Gasteiger partial charge in [0.25, 0.3) is 20.2 Å². The molecular weight excluding hydrogens is 809 g/mol. The van der Waals surface area contributed by atoms with Crippen LogP contribution >= 0.6 is 0 Å². The molecule has 0 amide bonds. The summed E-state index contributed by atoms with van der Waals surface area (Å²) in [5.74, 6) is 0.683. The third kappa shape index (κ3) is 9.73. The second-order valence-electron chi connectivity index (χ2n) is 12.2. The lowest BCUT2D eigenvalue weighted by atomic mass is 10.1. The van der Waals surface area contributed by atoms with E-state index in [1.54, 1.807) is 36.4 Å². The van der Waals surface area contributed by atoms with E-state index in [1.165, 1.54) is 36.4 Å². The molecule has 0 unspecified atom stereocenters. The number of hydrogen-bond donors (Lipinski definition) is 5. The van der Waals surface area contributed by atoms with Gasteiger partial charge in [0.1, 0.15) is 10.6 Å². The predicted octanol–water partition coefficient (Wildman–Crippen LogP) is 8.15. The predicted molar refractivity (Wildman–Crippen MR) is 214 cm³/mol. The van der Waals surface area contributed by atoms with Crippen LogP contribution in [0.5, 0.6) is 0 Å². The zero-order valence-corrected chi connectivity index (χ0v) is 31.9. The van der Waals surface area contributed by atoms with Crippen molar-refractivity contribution >= 4 is 87.1 Å². The Morgan fingerprint density at radius 3 is 1.71 bits per heavy atom. The van der Waals surface area contributed by atoms with E-state index in [4.69, 9.17) is 9.69 Å². The van der Waals surface area contributed by atoms with Gasteiger partial charge in [-0.1, -0.05) is 30.3 Å². The van der Waals surface area contributed by atoms with Crippen molar-refractivity contribution in [1.82, 2.24) is 15.0 Å². The number of anilines is 4. The zero-order valence-electron chi connectivity index (χ0n) is 29.5. The Bertz CT molecular complexity index is 3080. The van der Waals surface area contributed by atoms with Crippen LogP contribution in [0.2, 0.25) is 0 Å². The Morgan fingerprint density at radius 1 is 0.500 bits per heavy atom. The van der Waals surface area contributed by atoms with Gasteiger partial charge in [-0.2, -0.15) is 47.1 Å². The summed E-state index contributed by atoms with van der Waals surface area (Å²) >= 11 is 0. The molecule has 6 N–H and O–H groups in total. The highest BCUT2D eigenvalue weighted by Crippen LogP contribution is 2.33. The standard InChI is InChI=1S/C37H28N10O8S3/c38-56(48,49)31-15-8-23(9-16-31)35-41-36(39-26-4-2-1-3-5-26)43-37(42-35)40-28-10-6-25-21-29(11-7-24(25)20-28)46-47-33-19-14-30(22-34(33)58(53,54)55)45-44-27-12-17-32(18-13-27)57(50,51)52/h1-22H,(H2,38,48,49)(H,50,51,52)(H,53,54,55)(H2,39,40,41,42,43). The largest absolute Gasteiger partial charge is 0.324 e. The molecule has 0 radical (unpaired) electrons. The van der Waals surface area contributed by atoms with Crippen LogP contribution in [0.4, 0.5) is 46.0 Å². The topological polar surface area (TPSA) is 281 Å². The Morgan fingerprint density at radius 2 is 1.05 bits per heavy atom. The smallest absolute Gasteiger partial charge is 0.296 e. The number of nitrogens with two attached hydrogens (primary N) is 1. The summed E-state index contributed by atoms with van der Waals surface area (Å²) in [5, 5.41) is 29.3. The number of nitrogens with zero attached hydrogens (tertiary/aromatic N) is 7. The molecule has 58 heavy (non-hydrogen) atoms. The highest BCUT2D eigenvalue weighted by molar-refractivity contribution is 7.89. The molecule has 1 heterocycles. The summed E-state index contributed by atoms with van der Waals surface area (Å²) in [4.78, 5) is 12.7. The van der Waals surface area contributed by atoms with Gasteiger partial charge in [-0.3, -0.25) is 9.11 Å². The molecule has 6 aromatic carbocycles. The first-order valence-electron chi connectivity index (χ1n) is 16.6. The number of hydrogen-bond acceptors (Lipinski definition) is 15. The molecule has 7 aromatic rings. The van der Waals surface area contributed by atoms with E-state index in [1.807, 2.05) is 42.5 Å². The van der Waals surface area contributed by atoms with Gasteiger partial charge in [0.2, 0.25) is 21.9 Å². The number of aromatic nitrogens is 3. The molecular formula is C37H28N10O8S3. The Kier molecular flexibility index (Phi) is 10.8. The number of sulfonamides is 1. The molecule has 0 aliphatic heterocycles. The van der Waals surface area contributed by atoms with Gasteiger partial charge in [-0.15, -0.1) is 5.11 Å². The second kappa shape index (κ2) is 15.9. The Labute approximate surface area is 330 Å². The van der Waals surface area contributed by atoms with Crippen molar-refractivity contribution in [2.24, 2.45) is 25.6 Å². The van der Waals surface area contributed by atoms with Crippen molar-refractivity contribution in [3.05, 3.63) is 133 Å². The average Bonchev–Trinajstić information content (AvgIpc) is 3.19. The Balaban J connectivity index is 1.11. The van der Waals surface area contributed by atoms with Crippen molar-refractivity contribution < 1.29 is 34.4 Å². The number of primary sulfonamides is 1. The van der Waals surface area contributed by atoms with Crippen LogP contribution in [0.1, 0.15) is 0 Å². The third-order valence-corrected chi connectivity index (χ3v) is 10.8. The quantitative estimate of drug-likeness (QED) is 0.0574. The second-order valence-corrected chi connectivity index (χ2v) is 16.6. The van der Waals surface area contributed by atoms with E-state index in [9.17, 15) is 29.8 Å². The normalized spacial score (nSPS) is 12.3. The minimum absolute atomic E-state index is 0.0383. The molecule has 0 bridgehead atoms. The van der Waals surface area contributed by atoms with Gasteiger partial charge < -0.3 is 10.6 Å². The third-order valence-electron chi connectivity index (χ3n) is 8.10.